The summed E-state index contributed by atoms with van der Waals surface area (Å²) in [5.74, 6) is 0.196. The van der Waals surface area contributed by atoms with Crippen molar-refractivity contribution < 1.29 is 9.53 Å². The van der Waals surface area contributed by atoms with E-state index in [2.05, 4.69) is 4.90 Å². The first-order chi connectivity index (χ1) is 9.16. The molecule has 1 fully saturated rings. The predicted molar refractivity (Wildman–Crippen MR) is 75.0 cm³/mol. The molecule has 1 heterocycles. The molecule has 1 aromatic rings. The fourth-order valence-corrected chi connectivity index (χ4v) is 2.43. The van der Waals surface area contributed by atoms with Gasteiger partial charge in [0.2, 0.25) is 5.91 Å². The van der Waals surface area contributed by atoms with Crippen molar-refractivity contribution in [2.24, 2.45) is 0 Å². The molecule has 0 spiro atoms. The number of hydrogen-bond acceptors (Lipinski definition) is 3. The molecule has 0 aliphatic carbocycles. The van der Waals surface area contributed by atoms with Gasteiger partial charge in [-0.1, -0.05) is 30.3 Å². The van der Waals surface area contributed by atoms with Crippen LogP contribution in [-0.2, 0) is 16.0 Å². The number of hydrogen-bond donors (Lipinski definition) is 0. The smallest absolute Gasteiger partial charge is 0.227 e. The highest BCUT2D eigenvalue weighted by Gasteiger charge is 2.27. The Hall–Kier alpha value is -1.39. The van der Waals surface area contributed by atoms with Gasteiger partial charge in [-0.05, 0) is 19.7 Å². The van der Waals surface area contributed by atoms with Gasteiger partial charge in [-0.25, -0.2) is 0 Å². The van der Waals surface area contributed by atoms with E-state index in [1.54, 1.807) is 0 Å². The summed E-state index contributed by atoms with van der Waals surface area (Å²) in [5, 5.41) is 0. The maximum Gasteiger partial charge on any atom is 0.227 e. The van der Waals surface area contributed by atoms with Crippen LogP contribution in [0, 0.1) is 0 Å². The summed E-state index contributed by atoms with van der Waals surface area (Å²) in [4.78, 5) is 16.5. The quantitative estimate of drug-likeness (QED) is 0.812. The van der Waals surface area contributed by atoms with Crippen molar-refractivity contribution in [3.05, 3.63) is 35.9 Å². The highest BCUT2D eigenvalue weighted by molar-refractivity contribution is 5.79. The summed E-state index contributed by atoms with van der Waals surface area (Å²) < 4.78 is 5.49. The minimum absolute atomic E-state index is 0.167. The Balaban J connectivity index is 1.99. The third-order valence-corrected chi connectivity index (χ3v) is 3.32. The molecule has 0 radical (unpaired) electrons. The predicted octanol–water partition coefficient (Wildman–Crippen LogP) is 1.02. The Kier molecular flexibility index (Phi) is 4.93. The number of benzene rings is 1. The number of carbonyl (C=O) groups is 1. The number of rotatable bonds is 4. The third kappa shape index (κ3) is 4.04. The average molecular weight is 262 g/mol. The van der Waals surface area contributed by atoms with Crippen molar-refractivity contribution >= 4 is 5.91 Å². The van der Waals surface area contributed by atoms with E-state index in [1.165, 1.54) is 0 Å². The van der Waals surface area contributed by atoms with Crippen molar-refractivity contribution in [1.82, 2.24) is 9.80 Å². The molecule has 1 aliphatic rings. The summed E-state index contributed by atoms with van der Waals surface area (Å²) in [5.41, 5.74) is 1.07. The highest BCUT2D eigenvalue weighted by Crippen LogP contribution is 2.11. The fourth-order valence-electron chi connectivity index (χ4n) is 2.43. The lowest BCUT2D eigenvalue weighted by atomic mass is 10.1. The lowest BCUT2D eigenvalue weighted by Gasteiger charge is -2.37. The van der Waals surface area contributed by atoms with Crippen LogP contribution in [0.15, 0.2) is 30.3 Å². The molecule has 0 saturated carbocycles. The van der Waals surface area contributed by atoms with Gasteiger partial charge < -0.3 is 14.5 Å². The van der Waals surface area contributed by atoms with Gasteiger partial charge >= 0.3 is 0 Å². The molecule has 0 aromatic heterocycles. The first-order valence-electron chi connectivity index (χ1n) is 6.72. The summed E-state index contributed by atoms with van der Waals surface area (Å²) >= 11 is 0. The normalized spacial score (nSPS) is 19.7. The molecule has 19 heavy (non-hydrogen) atoms. The molecule has 104 valence electrons. The van der Waals surface area contributed by atoms with Crippen LogP contribution in [0.5, 0.6) is 0 Å². The zero-order valence-electron chi connectivity index (χ0n) is 11.7. The van der Waals surface area contributed by atoms with Crippen LogP contribution in [0.2, 0.25) is 0 Å². The van der Waals surface area contributed by atoms with E-state index in [9.17, 15) is 4.79 Å². The largest absolute Gasteiger partial charge is 0.377 e. The molecule has 4 heteroatoms. The first kappa shape index (κ1) is 14.0. The maximum absolute atomic E-state index is 12.4. The summed E-state index contributed by atoms with van der Waals surface area (Å²) in [6.45, 7) is 2.83. The lowest BCUT2D eigenvalue weighted by molar-refractivity contribution is -0.139. The fraction of sp³-hybridized carbons (Fsp3) is 0.533. The van der Waals surface area contributed by atoms with Crippen LogP contribution < -0.4 is 0 Å². The molecule has 1 amide bonds. The van der Waals surface area contributed by atoms with Crippen LogP contribution in [-0.4, -0.2) is 62.1 Å². The Morgan fingerprint density at radius 3 is 2.79 bits per heavy atom. The number of amides is 1. The first-order valence-corrected chi connectivity index (χ1v) is 6.72. The second kappa shape index (κ2) is 6.68. The number of carbonyl (C=O) groups excluding carboxylic acids is 1. The van der Waals surface area contributed by atoms with E-state index >= 15 is 0 Å². The lowest BCUT2D eigenvalue weighted by Crippen LogP contribution is -2.53. The summed E-state index contributed by atoms with van der Waals surface area (Å²) in [7, 11) is 4.04. The van der Waals surface area contributed by atoms with Crippen molar-refractivity contribution in [3.8, 4) is 0 Å². The number of nitrogens with zero attached hydrogens (tertiary/aromatic N) is 2. The second-order valence-electron chi connectivity index (χ2n) is 5.24. The van der Waals surface area contributed by atoms with Gasteiger partial charge in [0.15, 0.2) is 0 Å². The van der Waals surface area contributed by atoms with Gasteiger partial charge in [0.25, 0.3) is 0 Å². The van der Waals surface area contributed by atoms with Crippen molar-refractivity contribution in [3.63, 3.8) is 0 Å². The van der Waals surface area contributed by atoms with E-state index in [0.29, 0.717) is 26.2 Å². The summed E-state index contributed by atoms with van der Waals surface area (Å²) in [6.07, 6.45) is 0.477. The minimum Gasteiger partial charge on any atom is -0.377 e. The Labute approximate surface area is 115 Å². The van der Waals surface area contributed by atoms with Crippen LogP contribution in [0.4, 0.5) is 0 Å². The van der Waals surface area contributed by atoms with Crippen LogP contribution in [0.1, 0.15) is 5.56 Å². The maximum atomic E-state index is 12.4. The molecule has 2 rings (SSSR count). The standard InChI is InChI=1S/C15H22N2O2/c1-16(2)11-14-12-19-9-8-17(14)15(18)10-13-6-4-3-5-7-13/h3-7,14H,8-12H2,1-2H3/t14-/m1/s1. The molecule has 1 saturated heterocycles. The van der Waals surface area contributed by atoms with Crippen molar-refractivity contribution in [2.45, 2.75) is 12.5 Å². The highest BCUT2D eigenvalue weighted by atomic mass is 16.5. The number of likely N-dealkylation sites (N-methyl/N-ethyl adjacent to an activating group) is 1. The molecule has 1 atom stereocenters. The van der Waals surface area contributed by atoms with Gasteiger partial charge in [0.05, 0.1) is 25.7 Å². The van der Waals surface area contributed by atoms with Gasteiger partial charge in [-0.2, -0.15) is 0 Å². The van der Waals surface area contributed by atoms with E-state index < -0.39 is 0 Å². The molecule has 4 nitrogen and oxygen atoms in total. The van der Waals surface area contributed by atoms with Crippen LogP contribution in [0.3, 0.4) is 0 Å². The molecular formula is C15H22N2O2. The third-order valence-electron chi connectivity index (χ3n) is 3.32. The Bertz CT molecular complexity index is 406. The molecule has 0 N–H and O–H groups in total. The monoisotopic (exact) mass is 262 g/mol. The Morgan fingerprint density at radius 1 is 1.37 bits per heavy atom. The molecular weight excluding hydrogens is 240 g/mol. The minimum atomic E-state index is 0.167. The van der Waals surface area contributed by atoms with Gasteiger partial charge in [0.1, 0.15) is 0 Å². The molecule has 0 unspecified atom stereocenters. The van der Waals surface area contributed by atoms with Crippen molar-refractivity contribution in [2.75, 3.05) is 40.4 Å². The van der Waals surface area contributed by atoms with E-state index in [0.717, 1.165) is 12.1 Å². The number of ether oxygens (including phenoxy) is 1. The Morgan fingerprint density at radius 2 is 2.11 bits per heavy atom. The summed E-state index contributed by atoms with van der Waals surface area (Å²) in [6, 6.07) is 10.1. The average Bonchev–Trinajstić information content (AvgIpc) is 2.39. The zero-order valence-corrected chi connectivity index (χ0v) is 11.7. The van der Waals surface area contributed by atoms with E-state index in [1.807, 2.05) is 49.3 Å². The van der Waals surface area contributed by atoms with Crippen LogP contribution in [0.25, 0.3) is 0 Å². The SMILES string of the molecule is CN(C)C[C@@H]1COCCN1C(=O)Cc1ccccc1. The van der Waals surface area contributed by atoms with Gasteiger partial charge in [-0.3, -0.25) is 4.79 Å². The number of morpholine rings is 1. The van der Waals surface area contributed by atoms with E-state index in [4.69, 9.17) is 4.74 Å². The molecule has 1 aliphatic heterocycles. The zero-order chi connectivity index (χ0) is 13.7. The van der Waals surface area contributed by atoms with Gasteiger partial charge in [0, 0.05) is 13.1 Å². The molecule has 0 bridgehead atoms. The second-order valence-corrected chi connectivity index (χ2v) is 5.24. The van der Waals surface area contributed by atoms with E-state index in [-0.39, 0.29) is 11.9 Å². The topological polar surface area (TPSA) is 32.8 Å². The van der Waals surface area contributed by atoms with Crippen molar-refractivity contribution in [1.29, 1.82) is 0 Å². The van der Waals surface area contributed by atoms with Gasteiger partial charge in [-0.15, -0.1) is 0 Å². The van der Waals surface area contributed by atoms with Crippen LogP contribution >= 0.6 is 0 Å². The molecule has 1 aromatic carbocycles.